The number of aliphatic carboxylic acids is 1. The summed E-state index contributed by atoms with van der Waals surface area (Å²) in [5, 5.41) is 13.6. The van der Waals surface area contributed by atoms with Crippen LogP contribution >= 0.6 is 0 Å². The highest BCUT2D eigenvalue weighted by Crippen LogP contribution is 2.18. The van der Waals surface area contributed by atoms with Gasteiger partial charge in [-0.3, -0.25) is 9.48 Å². The molecule has 0 aliphatic carbocycles. The summed E-state index contributed by atoms with van der Waals surface area (Å²) in [6.45, 7) is 9.35. The zero-order chi connectivity index (χ0) is 13.7. The molecule has 0 aliphatic rings. The quantitative estimate of drug-likeness (QED) is 0.811. The maximum absolute atomic E-state index is 10.9. The maximum atomic E-state index is 10.9. The smallest absolute Gasteiger partial charge is 0.307 e. The fourth-order valence-corrected chi connectivity index (χ4v) is 2.19. The van der Waals surface area contributed by atoms with Crippen molar-refractivity contribution in [3.8, 4) is 0 Å². The predicted molar refractivity (Wildman–Crippen MR) is 71.8 cm³/mol. The van der Waals surface area contributed by atoms with E-state index in [0.29, 0.717) is 5.92 Å². The third-order valence-corrected chi connectivity index (χ3v) is 3.17. The van der Waals surface area contributed by atoms with Gasteiger partial charge in [-0.05, 0) is 25.2 Å². The normalized spacial score (nSPS) is 11.2. The number of carboxylic acid groups (broad SMARTS) is 1. The van der Waals surface area contributed by atoms with Gasteiger partial charge in [-0.25, -0.2) is 0 Å². The molecule has 0 fully saturated rings. The van der Waals surface area contributed by atoms with Crippen molar-refractivity contribution in [3.05, 3.63) is 17.0 Å². The molecule has 0 atom stereocenters. The molecule has 1 heterocycles. The van der Waals surface area contributed by atoms with Gasteiger partial charge in [0.15, 0.2) is 0 Å². The molecule has 0 radical (unpaired) electrons. The van der Waals surface area contributed by atoms with Crippen molar-refractivity contribution in [1.29, 1.82) is 0 Å². The molecule has 0 aromatic carbocycles. The van der Waals surface area contributed by atoms with Crippen molar-refractivity contribution in [1.82, 2.24) is 9.78 Å². The lowest BCUT2D eigenvalue weighted by Crippen LogP contribution is -2.09. The van der Waals surface area contributed by atoms with Crippen molar-refractivity contribution < 1.29 is 9.90 Å². The Balaban J connectivity index is 3.03. The molecule has 0 saturated carbocycles. The third kappa shape index (κ3) is 3.59. The Labute approximate surface area is 109 Å². The van der Waals surface area contributed by atoms with E-state index in [4.69, 9.17) is 5.11 Å². The second-order valence-electron chi connectivity index (χ2n) is 5.06. The van der Waals surface area contributed by atoms with Gasteiger partial charge in [-0.2, -0.15) is 5.10 Å². The highest BCUT2D eigenvalue weighted by atomic mass is 16.4. The summed E-state index contributed by atoms with van der Waals surface area (Å²) in [6.07, 6.45) is 2.80. The van der Waals surface area contributed by atoms with Gasteiger partial charge >= 0.3 is 5.97 Å². The number of carbonyl (C=O) groups is 1. The average molecular weight is 252 g/mol. The van der Waals surface area contributed by atoms with E-state index in [1.165, 1.54) is 0 Å². The number of rotatable bonds is 7. The van der Waals surface area contributed by atoms with E-state index < -0.39 is 5.97 Å². The summed E-state index contributed by atoms with van der Waals surface area (Å²) < 4.78 is 2.01. The number of hydrogen-bond donors (Lipinski definition) is 1. The first-order valence-corrected chi connectivity index (χ1v) is 6.78. The molecule has 0 spiro atoms. The van der Waals surface area contributed by atoms with E-state index >= 15 is 0 Å². The Morgan fingerprint density at radius 3 is 2.44 bits per heavy atom. The van der Waals surface area contributed by atoms with Crippen LogP contribution in [-0.4, -0.2) is 20.9 Å². The zero-order valence-electron chi connectivity index (χ0n) is 11.9. The molecule has 1 rings (SSSR count). The second kappa shape index (κ2) is 6.57. The van der Waals surface area contributed by atoms with E-state index in [2.05, 4.69) is 25.9 Å². The van der Waals surface area contributed by atoms with E-state index in [-0.39, 0.29) is 6.42 Å². The monoisotopic (exact) mass is 252 g/mol. The molecule has 4 heteroatoms. The summed E-state index contributed by atoms with van der Waals surface area (Å²) in [6, 6.07) is 0. The van der Waals surface area contributed by atoms with Gasteiger partial charge in [0.25, 0.3) is 0 Å². The minimum atomic E-state index is -0.775. The number of nitrogens with zero attached hydrogens (tertiary/aromatic N) is 2. The van der Waals surface area contributed by atoms with Crippen LogP contribution < -0.4 is 0 Å². The van der Waals surface area contributed by atoms with Crippen LogP contribution in [-0.2, 0) is 30.6 Å². The van der Waals surface area contributed by atoms with Crippen LogP contribution in [0.25, 0.3) is 0 Å². The molecule has 0 unspecified atom stereocenters. The zero-order valence-corrected chi connectivity index (χ0v) is 11.9. The Kier molecular flexibility index (Phi) is 5.38. The Bertz CT molecular complexity index is 408. The van der Waals surface area contributed by atoms with Gasteiger partial charge in [0.1, 0.15) is 0 Å². The van der Waals surface area contributed by atoms with Gasteiger partial charge in [-0.15, -0.1) is 0 Å². The van der Waals surface area contributed by atoms with E-state index in [1.807, 2.05) is 11.6 Å². The predicted octanol–water partition coefficient (Wildman–Crippen LogP) is 2.68. The van der Waals surface area contributed by atoms with Crippen LogP contribution in [0.1, 0.15) is 51.1 Å². The molecule has 1 aromatic rings. The van der Waals surface area contributed by atoms with Crippen LogP contribution in [0.2, 0.25) is 0 Å². The first kappa shape index (κ1) is 14.7. The van der Waals surface area contributed by atoms with Gasteiger partial charge in [0.2, 0.25) is 0 Å². The minimum Gasteiger partial charge on any atom is -0.481 e. The fraction of sp³-hybridized carbons (Fsp3) is 0.714. The van der Waals surface area contributed by atoms with Crippen molar-refractivity contribution in [2.45, 2.75) is 59.9 Å². The number of aryl methyl sites for hydroxylation is 2. The SMILES string of the molecule is CCc1nn(CCC(C)C)c(CC)c1CC(=O)O. The van der Waals surface area contributed by atoms with Crippen molar-refractivity contribution in [2.24, 2.45) is 5.92 Å². The van der Waals surface area contributed by atoms with E-state index in [0.717, 1.165) is 42.8 Å². The Morgan fingerprint density at radius 1 is 1.33 bits per heavy atom. The summed E-state index contributed by atoms with van der Waals surface area (Å²) >= 11 is 0. The van der Waals surface area contributed by atoms with Crippen molar-refractivity contribution in [2.75, 3.05) is 0 Å². The number of hydrogen-bond acceptors (Lipinski definition) is 2. The van der Waals surface area contributed by atoms with Gasteiger partial charge in [0.05, 0.1) is 12.1 Å². The van der Waals surface area contributed by atoms with Crippen LogP contribution in [0, 0.1) is 5.92 Å². The second-order valence-corrected chi connectivity index (χ2v) is 5.06. The van der Waals surface area contributed by atoms with Crippen LogP contribution in [0.3, 0.4) is 0 Å². The molecule has 1 N–H and O–H groups in total. The molecule has 0 saturated heterocycles. The molecule has 0 amide bonds. The maximum Gasteiger partial charge on any atom is 0.307 e. The van der Waals surface area contributed by atoms with Gasteiger partial charge < -0.3 is 5.11 Å². The third-order valence-electron chi connectivity index (χ3n) is 3.17. The van der Waals surface area contributed by atoms with Gasteiger partial charge in [-0.1, -0.05) is 27.7 Å². The summed E-state index contributed by atoms with van der Waals surface area (Å²) in [5.41, 5.74) is 2.96. The molecule has 102 valence electrons. The lowest BCUT2D eigenvalue weighted by atomic mass is 10.1. The van der Waals surface area contributed by atoms with Gasteiger partial charge in [0, 0.05) is 17.8 Å². The highest BCUT2D eigenvalue weighted by molar-refractivity contribution is 5.71. The number of carboxylic acids is 1. The molecular formula is C14H24N2O2. The molecule has 0 bridgehead atoms. The summed E-state index contributed by atoms with van der Waals surface area (Å²) in [5.74, 6) is -0.144. The fourth-order valence-electron chi connectivity index (χ4n) is 2.19. The molecule has 0 aliphatic heterocycles. The largest absolute Gasteiger partial charge is 0.481 e. The van der Waals surface area contributed by atoms with Crippen molar-refractivity contribution >= 4 is 5.97 Å². The highest BCUT2D eigenvalue weighted by Gasteiger charge is 2.17. The lowest BCUT2D eigenvalue weighted by molar-refractivity contribution is -0.136. The number of aromatic nitrogens is 2. The molecular weight excluding hydrogens is 228 g/mol. The first-order valence-electron chi connectivity index (χ1n) is 6.78. The Hall–Kier alpha value is -1.32. The first-order chi connectivity index (χ1) is 8.49. The van der Waals surface area contributed by atoms with E-state index in [9.17, 15) is 4.79 Å². The summed E-state index contributed by atoms with van der Waals surface area (Å²) in [4.78, 5) is 10.9. The summed E-state index contributed by atoms with van der Waals surface area (Å²) in [7, 11) is 0. The topological polar surface area (TPSA) is 55.1 Å². The van der Waals surface area contributed by atoms with Crippen LogP contribution in [0.15, 0.2) is 0 Å². The van der Waals surface area contributed by atoms with Crippen molar-refractivity contribution in [3.63, 3.8) is 0 Å². The van der Waals surface area contributed by atoms with E-state index in [1.54, 1.807) is 0 Å². The molecule has 4 nitrogen and oxygen atoms in total. The minimum absolute atomic E-state index is 0.0913. The lowest BCUT2D eigenvalue weighted by Gasteiger charge is -2.09. The molecule has 1 aromatic heterocycles. The Morgan fingerprint density at radius 2 is 2.00 bits per heavy atom. The van der Waals surface area contributed by atoms with Crippen LogP contribution in [0.4, 0.5) is 0 Å². The average Bonchev–Trinajstić information content (AvgIpc) is 2.62. The molecule has 18 heavy (non-hydrogen) atoms. The standard InChI is InChI=1S/C14H24N2O2/c1-5-12-11(9-14(17)18)13(6-2)16(15-12)8-7-10(3)4/h10H,5-9H2,1-4H3,(H,17,18). The van der Waals surface area contributed by atoms with Crippen LogP contribution in [0.5, 0.6) is 0 Å².